The van der Waals surface area contributed by atoms with Gasteiger partial charge in [0.1, 0.15) is 23.0 Å². The number of rotatable bonds is 44. The average Bonchev–Trinajstić information content (AvgIpc) is 0.834. The number of aromatic nitrogens is 9. The average molecular weight is 2000 g/mol. The smallest absolute Gasteiger partial charge is 0.550 e. The maximum Gasteiger partial charge on any atom is 1.00 e. The van der Waals surface area contributed by atoms with Gasteiger partial charge in [0.2, 0.25) is 60.6 Å². The largest absolute Gasteiger partial charge is 1.00 e. The van der Waals surface area contributed by atoms with Crippen molar-refractivity contribution in [2.24, 2.45) is 0 Å². The molecule has 9 rings (SSSR count). The molecule has 0 aliphatic heterocycles. The molecule has 0 aliphatic rings. The first-order valence-corrected chi connectivity index (χ1v) is 48.0. The summed E-state index contributed by atoms with van der Waals surface area (Å²) in [5.74, 6) is 2.75. The van der Waals surface area contributed by atoms with E-state index in [9.17, 15) is 32.2 Å². The number of ether oxygens (including phenoxy) is 6. The van der Waals surface area contributed by atoms with Crippen molar-refractivity contribution in [1.82, 2.24) is 44.9 Å². The number of carbonyl (C=O) groups is 1. The summed E-state index contributed by atoms with van der Waals surface area (Å²) in [5, 5.41) is 57.9. The predicted molar refractivity (Wildman–Crippen MR) is 540 cm³/mol. The van der Waals surface area contributed by atoms with Gasteiger partial charge in [0.15, 0.2) is 0 Å². The minimum absolute atomic E-state index is 0. The minimum Gasteiger partial charge on any atom is -0.550 e. The van der Waals surface area contributed by atoms with Gasteiger partial charge in [-0.15, -0.1) is 0 Å². The Balaban J connectivity index is -0.000000754. The fraction of sp³-hybridized carbons (Fsp3) is 0.500. The third-order valence-corrected chi connectivity index (χ3v) is 18.1. The van der Waals surface area contributed by atoms with Crippen LogP contribution in [0.15, 0.2) is 146 Å². The van der Waals surface area contributed by atoms with Crippen molar-refractivity contribution >= 4 is 149 Å². The normalized spacial score (nSPS) is 10.2. The topological polar surface area (TPSA) is 422 Å². The number of hydrogen-bond acceptors (Lipinski definition) is 34. The van der Waals surface area contributed by atoms with E-state index < -0.39 is 25.1 Å². The van der Waals surface area contributed by atoms with Gasteiger partial charge in [0.25, 0.3) is 10.1 Å². The second-order valence-corrected chi connectivity index (χ2v) is 34.3. The molecular formula is C92H143BCl4N16NaO18S2. The van der Waals surface area contributed by atoms with E-state index in [-0.39, 0.29) is 106 Å². The molecule has 0 fully saturated rings. The van der Waals surface area contributed by atoms with Crippen LogP contribution in [-0.2, 0) is 56.6 Å². The van der Waals surface area contributed by atoms with Gasteiger partial charge in [-0.05, 0) is 203 Å². The first kappa shape index (κ1) is 132. The fourth-order valence-electron chi connectivity index (χ4n) is 10.0. The quantitative estimate of drug-likeness (QED) is 0.00679. The van der Waals surface area contributed by atoms with E-state index >= 15 is 0 Å². The van der Waals surface area contributed by atoms with Gasteiger partial charge in [-0.3, -0.25) is 4.18 Å². The van der Waals surface area contributed by atoms with Crippen LogP contribution in [-0.4, -0.2) is 263 Å². The number of aliphatic hydroxyl groups excluding tert-OH is 1. The Hall–Kier alpha value is -8.58. The molecule has 6 N–H and O–H groups in total. The number of unbranched alkanes of at least 4 members (excludes halogenated alkanes) is 9. The van der Waals surface area contributed by atoms with Crippen LogP contribution in [0.25, 0.3) is 0 Å². The molecule has 0 atom stereocenters. The Kier molecular flexibility index (Phi) is 77.1. The number of aryl methyl sites for hydroxylation is 2. The molecule has 3 aromatic heterocycles. The maximum absolute atomic E-state index is 10.6. The molecule has 34 nitrogen and oxygen atoms in total. The van der Waals surface area contributed by atoms with E-state index in [4.69, 9.17) is 88.3 Å². The van der Waals surface area contributed by atoms with Crippen molar-refractivity contribution in [2.75, 3.05) is 196 Å². The monoisotopic (exact) mass is 2000 g/mol. The number of hydrogen-bond donors (Lipinski definition) is 6. The molecule has 0 saturated carbocycles. The third kappa shape index (κ3) is 66.0. The summed E-state index contributed by atoms with van der Waals surface area (Å²) in [4.78, 5) is 58.4. The summed E-state index contributed by atoms with van der Waals surface area (Å²) in [6.07, 6.45) is 17.9. The second kappa shape index (κ2) is 78.5. The Labute approximate surface area is 840 Å². The van der Waals surface area contributed by atoms with Crippen LogP contribution >= 0.6 is 45.5 Å². The van der Waals surface area contributed by atoms with Gasteiger partial charge in [0, 0.05) is 142 Å². The van der Waals surface area contributed by atoms with Crippen molar-refractivity contribution in [3.8, 4) is 23.0 Å². The van der Waals surface area contributed by atoms with E-state index in [0.29, 0.717) is 74.5 Å². The SMILES string of the molecule is C.C.CC(=O)[O-].CCCCCCOCCOCCC.CCCCCCOCCOCCO.CCCCCCOCCOCCOS(C)(=O)=O.CN(c1ccc(O)cc1)c1nc(N(C)c2ccc(O)cc2)nc(N(C)c2ccc(O)cc2)n1.CNc1ccc(O)cc1.CS(=O)(=O)Cl.Cc1ccc(N(C)c2nc(N(C)C)nc(N(C)c3ccc(C)cc3)n2)cc1.Clc1nc(Cl)nc(Cl)n1.[B].[Na+]. The van der Waals surface area contributed by atoms with Gasteiger partial charge >= 0.3 is 29.6 Å². The number of nitrogens with zero attached hydrogens (tertiary/aromatic N) is 15. The van der Waals surface area contributed by atoms with E-state index in [2.05, 4.69) is 150 Å². The van der Waals surface area contributed by atoms with Crippen LogP contribution in [0.5, 0.6) is 23.0 Å². The van der Waals surface area contributed by atoms with E-state index in [0.717, 1.165) is 112 Å². The molecule has 42 heteroatoms. The number of aliphatic hydroxyl groups is 1. The van der Waals surface area contributed by atoms with Crippen LogP contribution in [0, 0.1) is 13.8 Å². The van der Waals surface area contributed by atoms with Crippen LogP contribution in [0.3, 0.4) is 0 Å². The Morgan fingerprint density at radius 2 is 0.597 bits per heavy atom. The number of anilines is 12. The van der Waals surface area contributed by atoms with Gasteiger partial charge in [-0.25, -0.2) is 8.42 Å². The number of halogens is 4. The molecule has 0 amide bonds. The zero-order valence-corrected chi connectivity index (χ0v) is 86.3. The summed E-state index contributed by atoms with van der Waals surface area (Å²) in [6.45, 7) is 21.8. The standard InChI is InChI=1S/C24H24N6O3.C21H26N6.C11H24O5S.C11H24O2.C10H22O3.C7H9NO.C3Cl3N3.C2H4O2.CH3ClO2S.2CH4.B.Na/c1-28(16-4-10-19(31)11-5-16)22-25-23(29(2)17-6-12-20(32)13-7-17)27-24(26-22)30(3)18-8-14-21(33)15-9-18;1-15-7-11-17(12-8-15)26(5)20-22-19(25(3)4)23-21(24-20)27(6)18-13-9-16(2)10-14-18;1-3-4-5-6-7-14-8-9-15-10-11-16-17(2,12)13;1-3-5-6-7-9-13-11-10-12-8-4-2;1-2-3-4-5-7-12-9-10-13-8-6-11;1-8-6-2-4-7(9)5-3-6;4-1-7-2(5)9-3(6)8-1;1-2(3)4;1-5(2,3)4;;;;/h4-15,31-33H,1-3H3;7-14H,1-6H3;3-11H2,1-2H3;3-11H2,1-2H3;11H,2-10H2,1H3;2-5,8-9H,1H3;;1H3,(H,3,4);1H3;2*1H4;;/q;;;;;;;;;;;;+1/p-1. The molecular weight excluding hydrogens is 1860 g/mol. The second-order valence-electron chi connectivity index (χ2n) is 28.6. The van der Waals surface area contributed by atoms with Crippen LogP contribution in [0.1, 0.15) is 144 Å². The number of carbonyl (C=O) groups excluding carboxylic acids is 1. The fourth-order valence-corrected chi connectivity index (χ4v) is 11.0. The van der Waals surface area contributed by atoms with Crippen molar-refractivity contribution in [3.05, 3.63) is 173 Å². The molecule has 3 heterocycles. The van der Waals surface area contributed by atoms with E-state index in [1.54, 1.807) is 99.6 Å². The molecule has 0 bridgehead atoms. The molecule has 134 heavy (non-hydrogen) atoms. The maximum atomic E-state index is 10.6. The molecule has 0 unspecified atom stereocenters. The van der Waals surface area contributed by atoms with Crippen molar-refractivity contribution in [1.29, 1.82) is 0 Å². The summed E-state index contributed by atoms with van der Waals surface area (Å²) >= 11 is 16.0. The zero-order valence-electron chi connectivity index (χ0n) is 79.6. The number of benzene rings is 6. The zero-order chi connectivity index (χ0) is 97.2. The van der Waals surface area contributed by atoms with E-state index in [1.807, 2.05) is 83.2 Å². The summed E-state index contributed by atoms with van der Waals surface area (Å²) in [7, 11) is 13.1. The predicted octanol–water partition coefficient (Wildman–Crippen LogP) is 14.7. The van der Waals surface area contributed by atoms with Crippen molar-refractivity contribution < 1.29 is 114 Å². The first-order chi connectivity index (χ1) is 61.8. The molecule has 0 aliphatic carbocycles. The Bertz CT molecular complexity index is 4360. The van der Waals surface area contributed by atoms with Crippen molar-refractivity contribution in [3.63, 3.8) is 0 Å². The molecule has 3 radical (unpaired) electrons. The molecule has 0 saturated heterocycles. The van der Waals surface area contributed by atoms with Gasteiger partial charge in [0.05, 0.1) is 78.6 Å². The Morgan fingerprint density at radius 3 is 0.828 bits per heavy atom. The number of aromatic hydroxyl groups is 4. The molecule has 9 aromatic rings. The minimum atomic E-state index is -3.35. The van der Waals surface area contributed by atoms with Crippen molar-refractivity contribution in [2.45, 2.75) is 147 Å². The molecule has 0 spiro atoms. The number of carboxylic acids is 1. The summed E-state index contributed by atoms with van der Waals surface area (Å²) in [6, 6.07) is 43.7. The van der Waals surface area contributed by atoms with Gasteiger partial charge in [-0.1, -0.05) is 136 Å². The first-order valence-electron chi connectivity index (χ1n) is 42.4. The number of aliphatic carboxylic acids is 1. The number of nitrogens with one attached hydrogen (secondary N) is 1. The summed E-state index contributed by atoms with van der Waals surface area (Å²) in [5.41, 5.74) is 7.86. The third-order valence-electron chi connectivity index (χ3n) is 17.0. The summed E-state index contributed by atoms with van der Waals surface area (Å²) < 4.78 is 76.0. The van der Waals surface area contributed by atoms with Gasteiger partial charge in [-0.2, -0.15) is 53.3 Å². The number of phenols is 4. The molecule has 743 valence electrons. The van der Waals surface area contributed by atoms with Crippen LogP contribution < -0.4 is 69.4 Å². The Morgan fingerprint density at radius 1 is 0.373 bits per heavy atom. The van der Waals surface area contributed by atoms with E-state index in [1.165, 1.54) is 75.3 Å². The van der Waals surface area contributed by atoms with Crippen LogP contribution in [0.4, 0.5) is 69.8 Å². The van der Waals surface area contributed by atoms with Crippen LogP contribution in [0.2, 0.25) is 15.9 Å². The number of phenolic OH excluding ortho intramolecular Hbond substituents is 4. The van der Waals surface area contributed by atoms with Gasteiger partial charge < -0.3 is 98.6 Å². The number of carboxylic acid groups (broad SMARTS) is 1. The molecule has 6 aromatic carbocycles.